The Morgan fingerprint density at radius 3 is 2.65 bits per heavy atom. The first kappa shape index (κ1) is 14.7. The zero-order chi connectivity index (χ0) is 14.4. The SMILES string of the molecule is COCc1ccccc1CNCc1ncnn1C(C)C. The average molecular weight is 274 g/mol. The molecule has 0 saturated heterocycles. The van der Waals surface area contributed by atoms with Crippen molar-refractivity contribution in [2.24, 2.45) is 0 Å². The Labute approximate surface area is 120 Å². The first-order chi connectivity index (χ1) is 9.72. The van der Waals surface area contributed by atoms with Crippen molar-refractivity contribution in [3.63, 3.8) is 0 Å². The number of aromatic nitrogens is 3. The van der Waals surface area contributed by atoms with Crippen LogP contribution in [-0.2, 0) is 24.4 Å². The van der Waals surface area contributed by atoms with Crippen LogP contribution in [0.15, 0.2) is 30.6 Å². The molecule has 0 unspecified atom stereocenters. The maximum Gasteiger partial charge on any atom is 0.141 e. The van der Waals surface area contributed by atoms with Crippen LogP contribution in [-0.4, -0.2) is 21.9 Å². The van der Waals surface area contributed by atoms with Gasteiger partial charge in [-0.3, -0.25) is 0 Å². The van der Waals surface area contributed by atoms with E-state index in [1.165, 1.54) is 11.1 Å². The van der Waals surface area contributed by atoms with Crippen LogP contribution >= 0.6 is 0 Å². The van der Waals surface area contributed by atoms with Crippen LogP contribution in [0.1, 0.15) is 36.8 Å². The number of nitrogens with zero attached hydrogens (tertiary/aromatic N) is 3. The van der Waals surface area contributed by atoms with E-state index in [1.54, 1.807) is 13.4 Å². The van der Waals surface area contributed by atoms with Gasteiger partial charge in [-0.1, -0.05) is 24.3 Å². The Morgan fingerprint density at radius 1 is 1.20 bits per heavy atom. The third kappa shape index (κ3) is 3.65. The molecule has 0 aliphatic heterocycles. The summed E-state index contributed by atoms with van der Waals surface area (Å²) in [6.45, 7) is 6.35. The van der Waals surface area contributed by atoms with E-state index >= 15 is 0 Å². The van der Waals surface area contributed by atoms with Gasteiger partial charge in [0.25, 0.3) is 0 Å². The van der Waals surface area contributed by atoms with Crippen molar-refractivity contribution < 1.29 is 4.74 Å². The number of hydrogen-bond acceptors (Lipinski definition) is 4. The summed E-state index contributed by atoms with van der Waals surface area (Å²) in [6.07, 6.45) is 1.61. The third-order valence-corrected chi connectivity index (χ3v) is 3.15. The Morgan fingerprint density at radius 2 is 1.95 bits per heavy atom. The lowest BCUT2D eigenvalue weighted by molar-refractivity contribution is 0.184. The highest BCUT2D eigenvalue weighted by Crippen LogP contribution is 2.10. The summed E-state index contributed by atoms with van der Waals surface area (Å²) < 4.78 is 7.16. The van der Waals surface area contributed by atoms with Crippen LogP contribution in [0.4, 0.5) is 0 Å². The molecule has 1 aromatic carbocycles. The molecule has 1 aromatic heterocycles. The molecule has 0 aliphatic rings. The summed E-state index contributed by atoms with van der Waals surface area (Å²) in [5.41, 5.74) is 2.47. The van der Waals surface area contributed by atoms with Gasteiger partial charge in [0.2, 0.25) is 0 Å². The molecule has 0 bridgehead atoms. The van der Waals surface area contributed by atoms with Gasteiger partial charge in [-0.05, 0) is 25.0 Å². The minimum absolute atomic E-state index is 0.329. The largest absolute Gasteiger partial charge is 0.380 e. The van der Waals surface area contributed by atoms with E-state index in [0.29, 0.717) is 19.2 Å². The fraction of sp³-hybridized carbons (Fsp3) is 0.467. The number of nitrogens with one attached hydrogen (secondary N) is 1. The minimum atomic E-state index is 0.329. The van der Waals surface area contributed by atoms with E-state index in [4.69, 9.17) is 4.74 Å². The van der Waals surface area contributed by atoms with Crippen LogP contribution in [0.5, 0.6) is 0 Å². The van der Waals surface area contributed by atoms with E-state index in [9.17, 15) is 0 Å². The van der Waals surface area contributed by atoms with E-state index in [2.05, 4.69) is 41.4 Å². The lowest BCUT2D eigenvalue weighted by Gasteiger charge is -2.12. The summed E-state index contributed by atoms with van der Waals surface area (Å²) in [4.78, 5) is 4.29. The Bertz CT molecular complexity index is 536. The molecule has 1 N–H and O–H groups in total. The molecule has 2 aromatic rings. The van der Waals surface area contributed by atoms with Gasteiger partial charge in [0, 0.05) is 19.7 Å². The summed E-state index contributed by atoms with van der Waals surface area (Å²) in [6, 6.07) is 8.63. The molecule has 0 spiro atoms. The quantitative estimate of drug-likeness (QED) is 0.841. The van der Waals surface area contributed by atoms with Crippen molar-refractivity contribution in [1.82, 2.24) is 20.1 Å². The molecule has 20 heavy (non-hydrogen) atoms. The Kier molecular flexibility index (Phi) is 5.26. The zero-order valence-electron chi connectivity index (χ0n) is 12.3. The smallest absolute Gasteiger partial charge is 0.141 e. The predicted molar refractivity (Wildman–Crippen MR) is 78.1 cm³/mol. The van der Waals surface area contributed by atoms with E-state index in [0.717, 1.165) is 12.4 Å². The zero-order valence-corrected chi connectivity index (χ0v) is 12.3. The van der Waals surface area contributed by atoms with Crippen LogP contribution in [0, 0.1) is 0 Å². The van der Waals surface area contributed by atoms with Gasteiger partial charge < -0.3 is 10.1 Å². The van der Waals surface area contributed by atoms with Gasteiger partial charge in [0.1, 0.15) is 12.2 Å². The van der Waals surface area contributed by atoms with Crippen LogP contribution in [0.3, 0.4) is 0 Å². The first-order valence-corrected chi connectivity index (χ1v) is 6.87. The highest BCUT2D eigenvalue weighted by atomic mass is 16.5. The molecule has 108 valence electrons. The van der Waals surface area contributed by atoms with E-state index in [-0.39, 0.29) is 0 Å². The van der Waals surface area contributed by atoms with Crippen molar-refractivity contribution in [3.8, 4) is 0 Å². The molecule has 0 amide bonds. The van der Waals surface area contributed by atoms with Crippen molar-refractivity contribution in [3.05, 3.63) is 47.5 Å². The van der Waals surface area contributed by atoms with Gasteiger partial charge in [0.15, 0.2) is 0 Å². The van der Waals surface area contributed by atoms with Crippen molar-refractivity contribution in [2.45, 2.75) is 39.6 Å². The van der Waals surface area contributed by atoms with Gasteiger partial charge in [-0.25, -0.2) is 9.67 Å². The third-order valence-electron chi connectivity index (χ3n) is 3.15. The minimum Gasteiger partial charge on any atom is -0.380 e. The van der Waals surface area contributed by atoms with Gasteiger partial charge in [0.05, 0.1) is 13.2 Å². The second-order valence-electron chi connectivity index (χ2n) is 5.02. The molecule has 0 aliphatic carbocycles. The maximum atomic E-state index is 5.22. The van der Waals surface area contributed by atoms with E-state index in [1.807, 2.05) is 16.8 Å². The van der Waals surface area contributed by atoms with Gasteiger partial charge in [-0.15, -0.1) is 0 Å². The number of methoxy groups -OCH3 is 1. The molecule has 0 fully saturated rings. The molecule has 5 nitrogen and oxygen atoms in total. The van der Waals surface area contributed by atoms with Crippen LogP contribution in [0.2, 0.25) is 0 Å². The van der Waals surface area contributed by atoms with Crippen molar-refractivity contribution >= 4 is 0 Å². The molecule has 0 radical (unpaired) electrons. The second kappa shape index (κ2) is 7.17. The molecule has 5 heteroatoms. The first-order valence-electron chi connectivity index (χ1n) is 6.87. The van der Waals surface area contributed by atoms with Crippen LogP contribution in [0.25, 0.3) is 0 Å². The predicted octanol–water partition coefficient (Wildman–Crippen LogP) is 2.30. The molecule has 0 saturated carbocycles. The average Bonchev–Trinajstić information content (AvgIpc) is 2.90. The van der Waals surface area contributed by atoms with Crippen molar-refractivity contribution in [1.29, 1.82) is 0 Å². The lowest BCUT2D eigenvalue weighted by atomic mass is 10.1. The van der Waals surface area contributed by atoms with Gasteiger partial charge >= 0.3 is 0 Å². The van der Waals surface area contributed by atoms with Crippen molar-refractivity contribution in [2.75, 3.05) is 7.11 Å². The summed E-state index contributed by atoms with van der Waals surface area (Å²) in [7, 11) is 1.72. The maximum absolute atomic E-state index is 5.22. The standard InChI is InChI=1S/C15H22N4O/c1-12(2)19-15(17-11-18-19)9-16-8-13-6-4-5-7-14(13)10-20-3/h4-7,11-12,16H,8-10H2,1-3H3. The highest BCUT2D eigenvalue weighted by Gasteiger charge is 2.07. The summed E-state index contributed by atoms with van der Waals surface area (Å²) >= 11 is 0. The topological polar surface area (TPSA) is 52.0 Å². The second-order valence-corrected chi connectivity index (χ2v) is 5.02. The van der Waals surface area contributed by atoms with Crippen LogP contribution < -0.4 is 5.32 Å². The summed E-state index contributed by atoms with van der Waals surface area (Å²) in [5, 5.41) is 7.65. The normalized spacial score (nSPS) is 11.2. The molecule has 2 rings (SSSR count). The number of hydrogen-bond donors (Lipinski definition) is 1. The molecule has 0 atom stereocenters. The molecule has 1 heterocycles. The fourth-order valence-corrected chi connectivity index (χ4v) is 2.17. The van der Waals surface area contributed by atoms with E-state index < -0.39 is 0 Å². The Hall–Kier alpha value is -1.72. The number of rotatable bonds is 7. The molecular formula is C15H22N4O. The summed E-state index contributed by atoms with van der Waals surface area (Å²) in [5.74, 6) is 0.962. The Balaban J connectivity index is 1.94. The fourth-order valence-electron chi connectivity index (χ4n) is 2.17. The monoisotopic (exact) mass is 274 g/mol. The number of ether oxygens (including phenoxy) is 1. The highest BCUT2D eigenvalue weighted by molar-refractivity contribution is 5.26. The number of benzene rings is 1. The lowest BCUT2D eigenvalue weighted by Crippen LogP contribution is -2.19. The molecular weight excluding hydrogens is 252 g/mol. The van der Waals surface area contributed by atoms with Gasteiger partial charge in [-0.2, -0.15) is 5.10 Å².